The molecule has 0 aliphatic heterocycles. The van der Waals surface area contributed by atoms with Crippen LogP contribution in [0.1, 0.15) is 0 Å². The van der Waals surface area contributed by atoms with Gasteiger partial charge in [0.2, 0.25) is 0 Å². The van der Waals surface area contributed by atoms with Crippen LogP contribution in [-0.2, 0) is 0 Å². The third-order valence-electron chi connectivity index (χ3n) is 5.11. The van der Waals surface area contributed by atoms with Crippen LogP contribution in [0, 0.1) is 0 Å². The van der Waals surface area contributed by atoms with E-state index in [0.717, 1.165) is 50.3 Å². The van der Waals surface area contributed by atoms with Crippen molar-refractivity contribution in [2.24, 2.45) is 0 Å². The lowest BCUT2D eigenvalue weighted by molar-refractivity contribution is 1.10. The molecule has 0 bridgehead atoms. The molecule has 2 N–H and O–H groups in total. The van der Waals surface area contributed by atoms with Crippen molar-refractivity contribution in [1.82, 2.24) is 35.1 Å². The number of hydrogen-bond acceptors (Lipinski definition) is 5. The molecule has 0 fully saturated rings. The quantitative estimate of drug-likeness (QED) is 0.460. The first-order chi connectivity index (χ1) is 14.9. The first kappa shape index (κ1) is 16.6. The molecule has 0 aliphatic rings. The minimum Gasteiger partial charge on any atom is -0.338 e. The van der Waals surface area contributed by atoms with Gasteiger partial charge in [0.1, 0.15) is 5.65 Å². The van der Waals surface area contributed by atoms with Crippen molar-refractivity contribution in [3.05, 3.63) is 79.4 Å². The molecule has 6 heterocycles. The smallest absolute Gasteiger partial charge is 0.181 e. The molecule has 6 aromatic heterocycles. The molecule has 7 nitrogen and oxygen atoms in total. The van der Waals surface area contributed by atoms with Gasteiger partial charge in [-0.25, -0.2) is 9.97 Å². The van der Waals surface area contributed by atoms with Gasteiger partial charge in [-0.05, 0) is 42.5 Å². The zero-order valence-corrected chi connectivity index (χ0v) is 15.7. The van der Waals surface area contributed by atoms with Crippen molar-refractivity contribution in [2.75, 3.05) is 0 Å². The molecule has 0 saturated heterocycles. The highest BCUT2D eigenvalue weighted by Gasteiger charge is 2.15. The Kier molecular flexibility index (Phi) is 3.64. The number of H-pyrrole nitrogens is 2. The van der Waals surface area contributed by atoms with Crippen LogP contribution in [-0.4, -0.2) is 35.1 Å². The zero-order valence-electron chi connectivity index (χ0n) is 15.7. The summed E-state index contributed by atoms with van der Waals surface area (Å²) in [6, 6.07) is 17.8. The molecule has 0 aliphatic carbocycles. The second-order valence-corrected chi connectivity index (χ2v) is 6.93. The third kappa shape index (κ3) is 2.64. The molecule has 6 rings (SSSR count). The Bertz CT molecular complexity index is 1480. The van der Waals surface area contributed by atoms with Gasteiger partial charge >= 0.3 is 0 Å². The van der Waals surface area contributed by atoms with E-state index < -0.39 is 0 Å². The lowest BCUT2D eigenvalue weighted by atomic mass is 10.1. The summed E-state index contributed by atoms with van der Waals surface area (Å²) < 4.78 is 0. The van der Waals surface area contributed by atoms with Gasteiger partial charge in [-0.15, -0.1) is 0 Å². The lowest BCUT2D eigenvalue weighted by Gasteiger charge is -2.01. The van der Waals surface area contributed by atoms with E-state index in [9.17, 15) is 0 Å². The summed E-state index contributed by atoms with van der Waals surface area (Å²) in [5.41, 5.74) is 6.95. The molecule has 7 heteroatoms. The van der Waals surface area contributed by atoms with Crippen LogP contribution in [0.15, 0.2) is 79.4 Å². The molecule has 30 heavy (non-hydrogen) atoms. The predicted molar refractivity (Wildman–Crippen MR) is 115 cm³/mol. The Balaban J connectivity index is 1.52. The van der Waals surface area contributed by atoms with E-state index in [1.807, 2.05) is 42.5 Å². The maximum absolute atomic E-state index is 4.50. The van der Waals surface area contributed by atoms with Crippen LogP contribution >= 0.6 is 0 Å². The molecule has 142 valence electrons. The Morgan fingerprint density at radius 1 is 0.700 bits per heavy atom. The van der Waals surface area contributed by atoms with E-state index in [1.54, 1.807) is 24.8 Å². The van der Waals surface area contributed by atoms with Gasteiger partial charge in [-0.3, -0.25) is 15.1 Å². The number of aromatic amines is 2. The zero-order chi connectivity index (χ0) is 19.9. The SMILES string of the molecule is c1ccc(-c2cnc3n[nH]c(-c4cc5c(-c6ccccn6)ccnc5[nH]4)c3c2)nc1. The van der Waals surface area contributed by atoms with Crippen molar-refractivity contribution in [1.29, 1.82) is 0 Å². The number of nitrogens with one attached hydrogen (secondary N) is 2. The van der Waals surface area contributed by atoms with Gasteiger partial charge in [0, 0.05) is 46.7 Å². The van der Waals surface area contributed by atoms with Crippen molar-refractivity contribution in [3.8, 4) is 33.9 Å². The second kappa shape index (κ2) is 6.59. The summed E-state index contributed by atoms with van der Waals surface area (Å²) in [6.45, 7) is 0. The summed E-state index contributed by atoms with van der Waals surface area (Å²) in [5.74, 6) is 0. The van der Waals surface area contributed by atoms with E-state index in [-0.39, 0.29) is 0 Å². The molecule has 0 amide bonds. The van der Waals surface area contributed by atoms with Crippen LogP contribution in [0.25, 0.3) is 56.0 Å². The van der Waals surface area contributed by atoms with Crippen molar-refractivity contribution >= 4 is 22.1 Å². The van der Waals surface area contributed by atoms with Crippen LogP contribution in [0.3, 0.4) is 0 Å². The normalized spacial score (nSPS) is 11.3. The fraction of sp³-hybridized carbons (Fsp3) is 0. The van der Waals surface area contributed by atoms with Gasteiger partial charge in [0.25, 0.3) is 0 Å². The third-order valence-corrected chi connectivity index (χ3v) is 5.11. The highest BCUT2D eigenvalue weighted by molar-refractivity contribution is 5.99. The molecule has 0 spiro atoms. The summed E-state index contributed by atoms with van der Waals surface area (Å²) >= 11 is 0. The van der Waals surface area contributed by atoms with Crippen LogP contribution in [0.2, 0.25) is 0 Å². The molecule has 0 aromatic carbocycles. The maximum Gasteiger partial charge on any atom is 0.181 e. The van der Waals surface area contributed by atoms with E-state index in [2.05, 4.69) is 47.2 Å². The number of pyridine rings is 4. The first-order valence-electron chi connectivity index (χ1n) is 9.52. The Morgan fingerprint density at radius 3 is 2.33 bits per heavy atom. The highest BCUT2D eigenvalue weighted by atomic mass is 15.2. The van der Waals surface area contributed by atoms with Crippen molar-refractivity contribution in [2.45, 2.75) is 0 Å². The number of aromatic nitrogens is 7. The van der Waals surface area contributed by atoms with Gasteiger partial charge < -0.3 is 4.98 Å². The van der Waals surface area contributed by atoms with Gasteiger partial charge in [-0.2, -0.15) is 5.10 Å². The second-order valence-electron chi connectivity index (χ2n) is 6.93. The summed E-state index contributed by atoms with van der Waals surface area (Å²) in [5, 5.41) is 9.42. The summed E-state index contributed by atoms with van der Waals surface area (Å²) in [7, 11) is 0. The van der Waals surface area contributed by atoms with Crippen LogP contribution in [0.4, 0.5) is 0 Å². The lowest BCUT2D eigenvalue weighted by Crippen LogP contribution is -1.85. The number of nitrogens with zero attached hydrogens (tertiary/aromatic N) is 5. The Labute approximate surface area is 170 Å². The molecule has 0 unspecified atom stereocenters. The van der Waals surface area contributed by atoms with Crippen LogP contribution < -0.4 is 0 Å². The predicted octanol–water partition coefficient (Wildman–Crippen LogP) is 4.63. The number of hydrogen-bond donors (Lipinski definition) is 2. The monoisotopic (exact) mass is 389 g/mol. The average Bonchev–Trinajstić information content (AvgIpc) is 3.43. The van der Waals surface area contributed by atoms with Crippen molar-refractivity contribution < 1.29 is 0 Å². The van der Waals surface area contributed by atoms with E-state index in [1.165, 1.54) is 0 Å². The molecular formula is C23H15N7. The van der Waals surface area contributed by atoms with E-state index in [0.29, 0.717) is 5.65 Å². The minimum absolute atomic E-state index is 0.654. The number of rotatable bonds is 3. The van der Waals surface area contributed by atoms with E-state index in [4.69, 9.17) is 0 Å². The van der Waals surface area contributed by atoms with Gasteiger partial charge in [-0.1, -0.05) is 12.1 Å². The summed E-state index contributed by atoms with van der Waals surface area (Å²) in [4.78, 5) is 21.3. The van der Waals surface area contributed by atoms with E-state index >= 15 is 0 Å². The molecular weight excluding hydrogens is 374 g/mol. The molecule has 6 aromatic rings. The van der Waals surface area contributed by atoms with Crippen molar-refractivity contribution in [3.63, 3.8) is 0 Å². The van der Waals surface area contributed by atoms with Gasteiger partial charge in [0.15, 0.2) is 5.65 Å². The first-order valence-corrected chi connectivity index (χ1v) is 9.52. The summed E-state index contributed by atoms with van der Waals surface area (Å²) in [6.07, 6.45) is 7.15. The topological polar surface area (TPSA) is 96.0 Å². The largest absolute Gasteiger partial charge is 0.338 e. The standard InChI is InChI=1S/C23H15N7/c1-3-8-24-18(5-1)14-11-17-21(29-30-23(17)27-13-14)20-12-16-15(7-10-26-22(16)28-20)19-6-2-4-9-25-19/h1-13H,(H,26,28)(H,27,29,30). The molecule has 0 atom stereocenters. The molecule has 0 radical (unpaired) electrons. The molecule has 0 saturated carbocycles. The number of fused-ring (bicyclic) bond motifs is 2. The Hall–Kier alpha value is -4.39. The maximum atomic E-state index is 4.50. The fourth-order valence-corrected chi connectivity index (χ4v) is 3.69. The van der Waals surface area contributed by atoms with Crippen LogP contribution in [0.5, 0.6) is 0 Å². The van der Waals surface area contributed by atoms with Gasteiger partial charge in [0.05, 0.1) is 22.8 Å². The highest BCUT2D eigenvalue weighted by Crippen LogP contribution is 2.33. The fourth-order valence-electron chi connectivity index (χ4n) is 3.69. The Morgan fingerprint density at radius 2 is 1.53 bits per heavy atom. The average molecular weight is 389 g/mol. The minimum atomic E-state index is 0.654.